The Morgan fingerprint density at radius 3 is 2.33 bits per heavy atom. The van der Waals surface area contributed by atoms with E-state index in [0.717, 1.165) is 49.3 Å². The van der Waals surface area contributed by atoms with Crippen LogP contribution in [0.15, 0.2) is 54.6 Å². The minimum Gasteiger partial charge on any atom is -0.341 e. The molecule has 0 radical (unpaired) electrons. The fourth-order valence-electron chi connectivity index (χ4n) is 3.21. The van der Waals surface area contributed by atoms with Crippen molar-refractivity contribution in [1.82, 2.24) is 9.97 Å². The Bertz CT molecular complexity index is 925. The molecule has 2 aromatic carbocycles. The van der Waals surface area contributed by atoms with Gasteiger partial charge < -0.3 is 10.2 Å². The lowest BCUT2D eigenvalue weighted by Crippen LogP contribution is -2.31. The zero-order chi connectivity index (χ0) is 18.6. The van der Waals surface area contributed by atoms with Gasteiger partial charge in [0.05, 0.1) is 5.69 Å². The Kier molecular flexibility index (Phi) is 4.96. The highest BCUT2D eigenvalue weighted by Crippen LogP contribution is 2.26. The van der Waals surface area contributed by atoms with E-state index in [9.17, 15) is 8.78 Å². The molecule has 0 aliphatic carbocycles. The van der Waals surface area contributed by atoms with Gasteiger partial charge in [-0.3, -0.25) is 0 Å². The van der Waals surface area contributed by atoms with Crippen molar-refractivity contribution in [1.29, 1.82) is 0 Å². The van der Waals surface area contributed by atoms with Crippen molar-refractivity contribution in [2.75, 3.05) is 23.3 Å². The lowest BCUT2D eigenvalue weighted by Gasteiger charge is -2.27. The van der Waals surface area contributed by atoms with Crippen molar-refractivity contribution in [2.24, 2.45) is 0 Å². The Balaban J connectivity index is 1.71. The van der Waals surface area contributed by atoms with Gasteiger partial charge in [0.2, 0.25) is 5.95 Å². The second-order valence-corrected chi connectivity index (χ2v) is 6.61. The molecule has 138 valence electrons. The van der Waals surface area contributed by atoms with E-state index in [1.54, 1.807) is 0 Å². The summed E-state index contributed by atoms with van der Waals surface area (Å²) in [7, 11) is 0. The van der Waals surface area contributed by atoms with Crippen molar-refractivity contribution < 1.29 is 8.78 Å². The van der Waals surface area contributed by atoms with E-state index in [-0.39, 0.29) is 0 Å². The zero-order valence-corrected chi connectivity index (χ0v) is 14.8. The van der Waals surface area contributed by atoms with Gasteiger partial charge in [-0.25, -0.2) is 13.8 Å². The highest BCUT2D eigenvalue weighted by atomic mass is 19.2. The number of hydrogen-bond acceptors (Lipinski definition) is 4. The fraction of sp³-hybridized carbons (Fsp3) is 0.238. The minimum atomic E-state index is -0.895. The molecule has 0 spiro atoms. The van der Waals surface area contributed by atoms with Crippen LogP contribution in [0, 0.1) is 11.6 Å². The summed E-state index contributed by atoms with van der Waals surface area (Å²) in [6.45, 7) is 1.84. The van der Waals surface area contributed by atoms with Crippen LogP contribution in [0.2, 0.25) is 0 Å². The molecule has 4 rings (SSSR count). The maximum atomic E-state index is 13.5. The van der Waals surface area contributed by atoms with Gasteiger partial charge in [0, 0.05) is 36.5 Å². The quantitative estimate of drug-likeness (QED) is 0.693. The van der Waals surface area contributed by atoms with Crippen molar-refractivity contribution >= 4 is 17.5 Å². The third-order valence-corrected chi connectivity index (χ3v) is 4.61. The molecule has 0 atom stereocenters. The number of benzene rings is 2. The molecule has 27 heavy (non-hydrogen) atoms. The molecule has 1 saturated heterocycles. The van der Waals surface area contributed by atoms with Crippen molar-refractivity contribution in [2.45, 2.75) is 19.3 Å². The van der Waals surface area contributed by atoms with Gasteiger partial charge in [0.15, 0.2) is 11.6 Å². The minimum absolute atomic E-state index is 0.441. The highest BCUT2D eigenvalue weighted by molar-refractivity contribution is 5.67. The Labute approximate surface area is 156 Å². The van der Waals surface area contributed by atoms with Crippen LogP contribution in [-0.4, -0.2) is 23.1 Å². The third kappa shape index (κ3) is 4.05. The van der Waals surface area contributed by atoms with E-state index in [0.29, 0.717) is 17.5 Å². The molecule has 3 aromatic rings. The maximum absolute atomic E-state index is 13.5. The van der Waals surface area contributed by atoms with Crippen LogP contribution in [0.5, 0.6) is 0 Å². The molecule has 0 unspecified atom stereocenters. The Hall–Kier alpha value is -3.02. The summed E-state index contributed by atoms with van der Waals surface area (Å²) in [5, 5.41) is 3.08. The molecule has 0 saturated carbocycles. The van der Waals surface area contributed by atoms with Gasteiger partial charge in [0.25, 0.3) is 0 Å². The van der Waals surface area contributed by atoms with Gasteiger partial charge in [-0.2, -0.15) is 4.98 Å². The molecule has 1 aliphatic heterocycles. The second kappa shape index (κ2) is 7.70. The first-order chi connectivity index (χ1) is 13.2. The Morgan fingerprint density at radius 1 is 0.815 bits per heavy atom. The van der Waals surface area contributed by atoms with Gasteiger partial charge >= 0.3 is 0 Å². The third-order valence-electron chi connectivity index (χ3n) is 4.61. The molecule has 1 N–H and O–H groups in total. The number of piperidine rings is 1. The first-order valence-electron chi connectivity index (χ1n) is 9.10. The van der Waals surface area contributed by atoms with Gasteiger partial charge in [-0.1, -0.05) is 30.3 Å². The molecule has 1 aromatic heterocycles. The van der Waals surface area contributed by atoms with Crippen LogP contribution in [0.25, 0.3) is 11.3 Å². The molecular formula is C21H20F2N4. The number of nitrogens with one attached hydrogen (secondary N) is 1. The monoisotopic (exact) mass is 366 g/mol. The lowest BCUT2D eigenvalue weighted by atomic mass is 10.1. The number of anilines is 3. The molecule has 0 bridgehead atoms. The molecule has 1 aliphatic rings. The average molecular weight is 366 g/mol. The van der Waals surface area contributed by atoms with E-state index < -0.39 is 11.6 Å². The first kappa shape index (κ1) is 17.4. The molecule has 0 amide bonds. The van der Waals surface area contributed by atoms with Crippen LogP contribution in [0.4, 0.5) is 26.2 Å². The van der Waals surface area contributed by atoms with E-state index in [1.807, 2.05) is 36.4 Å². The van der Waals surface area contributed by atoms with Crippen LogP contribution < -0.4 is 10.2 Å². The highest BCUT2D eigenvalue weighted by Gasteiger charge is 2.16. The van der Waals surface area contributed by atoms with E-state index in [2.05, 4.69) is 15.2 Å². The van der Waals surface area contributed by atoms with Crippen molar-refractivity contribution in [3.63, 3.8) is 0 Å². The van der Waals surface area contributed by atoms with E-state index in [4.69, 9.17) is 4.98 Å². The summed E-state index contributed by atoms with van der Waals surface area (Å²) in [4.78, 5) is 11.5. The van der Waals surface area contributed by atoms with Gasteiger partial charge in [0.1, 0.15) is 5.82 Å². The number of rotatable bonds is 4. The fourth-order valence-corrected chi connectivity index (χ4v) is 3.21. The number of hydrogen-bond donors (Lipinski definition) is 1. The summed E-state index contributed by atoms with van der Waals surface area (Å²) in [5.41, 5.74) is 2.21. The van der Waals surface area contributed by atoms with Crippen LogP contribution in [-0.2, 0) is 0 Å². The van der Waals surface area contributed by atoms with Crippen LogP contribution >= 0.6 is 0 Å². The van der Waals surface area contributed by atoms with E-state index in [1.165, 1.54) is 12.5 Å². The lowest BCUT2D eigenvalue weighted by molar-refractivity contribution is 0.509. The maximum Gasteiger partial charge on any atom is 0.227 e. The molecule has 4 nitrogen and oxygen atoms in total. The number of halogens is 2. The summed E-state index contributed by atoms with van der Waals surface area (Å²) in [6, 6.07) is 15.4. The molecule has 2 heterocycles. The van der Waals surface area contributed by atoms with Gasteiger partial charge in [-0.05, 0) is 31.4 Å². The molecule has 1 fully saturated rings. The predicted molar refractivity (Wildman–Crippen MR) is 103 cm³/mol. The van der Waals surface area contributed by atoms with Crippen LogP contribution in [0.1, 0.15) is 19.3 Å². The predicted octanol–water partition coefficient (Wildman–Crippen LogP) is 5.16. The summed E-state index contributed by atoms with van der Waals surface area (Å²) in [6.07, 6.45) is 3.45. The molecule has 6 heteroatoms. The summed E-state index contributed by atoms with van der Waals surface area (Å²) < 4.78 is 26.7. The number of aromatic nitrogens is 2. The first-order valence-corrected chi connectivity index (χ1v) is 9.10. The largest absolute Gasteiger partial charge is 0.341 e. The smallest absolute Gasteiger partial charge is 0.227 e. The second-order valence-electron chi connectivity index (χ2n) is 6.61. The average Bonchev–Trinajstić information content (AvgIpc) is 2.72. The van der Waals surface area contributed by atoms with Crippen molar-refractivity contribution in [3.05, 3.63) is 66.2 Å². The van der Waals surface area contributed by atoms with Crippen LogP contribution in [0.3, 0.4) is 0 Å². The van der Waals surface area contributed by atoms with Gasteiger partial charge in [-0.15, -0.1) is 0 Å². The molecular weight excluding hydrogens is 346 g/mol. The Morgan fingerprint density at radius 2 is 1.59 bits per heavy atom. The topological polar surface area (TPSA) is 41.1 Å². The van der Waals surface area contributed by atoms with E-state index >= 15 is 0 Å². The standard InChI is InChI=1S/C21H20F2N4/c22-17-10-9-16(13-18(17)23)24-20-14-19(15-7-3-1-4-8-15)25-21(26-20)27-11-5-2-6-12-27/h1,3-4,7-10,13-14H,2,5-6,11-12H2,(H,24,25,26). The normalized spacial score (nSPS) is 14.2. The number of nitrogens with zero attached hydrogens (tertiary/aromatic N) is 3. The summed E-state index contributed by atoms with van der Waals surface area (Å²) in [5.74, 6) is -0.563. The summed E-state index contributed by atoms with van der Waals surface area (Å²) >= 11 is 0. The zero-order valence-electron chi connectivity index (χ0n) is 14.8. The van der Waals surface area contributed by atoms with Crippen molar-refractivity contribution in [3.8, 4) is 11.3 Å². The SMILES string of the molecule is Fc1ccc(Nc2cc(-c3ccccc3)nc(N3CCCCC3)n2)cc1F.